The SMILES string of the molecule is CN(C)CCN(C)C1=CC(Nc2ccc3c(n2)CC=C3c2ccc3c(c2)C(C)(C)NC3=O)=CCC1.[HH].[HH].[HH]. The van der Waals surface area contributed by atoms with Crippen molar-refractivity contribution >= 4 is 17.3 Å². The molecule has 0 spiro atoms. The van der Waals surface area contributed by atoms with Crippen LogP contribution in [0.1, 0.15) is 63.7 Å². The van der Waals surface area contributed by atoms with E-state index in [1.807, 2.05) is 6.07 Å². The topological polar surface area (TPSA) is 60.5 Å². The summed E-state index contributed by atoms with van der Waals surface area (Å²) in [5, 5.41) is 6.60. The number of likely N-dealkylation sites (N-methyl/N-ethyl adjacent to an activating group) is 2. The highest BCUT2D eigenvalue weighted by molar-refractivity contribution is 6.00. The standard InChI is InChI=1S/C29H35N5O.3H2/c1-29(2)25-17-19(9-10-24(25)28(35)32-29)22-11-13-26-23(22)12-14-27(31-26)30-20-7-6-8-21(18-20)34(5)16-15-33(3)4;;;/h7,9-12,14,17-18H,6,8,13,15-16H2,1-5H3,(H,30,31)(H,32,35);3*1H. The largest absolute Gasteiger partial charge is 0.377 e. The van der Waals surface area contributed by atoms with Gasteiger partial charge >= 0.3 is 0 Å². The maximum atomic E-state index is 12.3. The number of carbonyl (C=O) groups excluding carboxylic acids is 1. The number of fused-ring (bicyclic) bond motifs is 2. The zero-order valence-electron chi connectivity index (χ0n) is 21.4. The van der Waals surface area contributed by atoms with Crippen molar-refractivity contribution in [2.75, 3.05) is 39.5 Å². The second kappa shape index (κ2) is 9.00. The van der Waals surface area contributed by atoms with Gasteiger partial charge in [-0.3, -0.25) is 4.79 Å². The fourth-order valence-electron chi connectivity index (χ4n) is 5.12. The third-order valence-electron chi connectivity index (χ3n) is 7.17. The Morgan fingerprint density at radius 1 is 1.09 bits per heavy atom. The molecule has 2 heterocycles. The molecule has 2 aliphatic carbocycles. The highest BCUT2D eigenvalue weighted by atomic mass is 16.2. The van der Waals surface area contributed by atoms with Gasteiger partial charge < -0.3 is 20.4 Å². The molecule has 1 aromatic carbocycles. The number of nitrogens with zero attached hydrogens (tertiary/aromatic N) is 3. The van der Waals surface area contributed by atoms with Crippen LogP contribution in [-0.2, 0) is 12.0 Å². The molecule has 0 saturated heterocycles. The lowest BCUT2D eigenvalue weighted by molar-refractivity contribution is 0.0940. The Balaban J connectivity index is 0.00000169. The fraction of sp³-hybridized carbons (Fsp3) is 0.379. The molecule has 188 valence electrons. The first-order valence-electron chi connectivity index (χ1n) is 12.4. The van der Waals surface area contributed by atoms with Gasteiger partial charge in [0.15, 0.2) is 0 Å². The second-order valence-electron chi connectivity index (χ2n) is 10.5. The lowest BCUT2D eigenvalue weighted by Crippen LogP contribution is -2.32. The van der Waals surface area contributed by atoms with Gasteiger partial charge in [0.05, 0.1) is 11.2 Å². The van der Waals surface area contributed by atoms with Crippen molar-refractivity contribution in [3.63, 3.8) is 0 Å². The summed E-state index contributed by atoms with van der Waals surface area (Å²) in [5.41, 5.74) is 8.53. The molecule has 0 fully saturated rings. The van der Waals surface area contributed by atoms with Crippen LogP contribution in [0.25, 0.3) is 5.57 Å². The van der Waals surface area contributed by atoms with E-state index in [4.69, 9.17) is 4.98 Å². The minimum Gasteiger partial charge on any atom is -0.377 e. The van der Waals surface area contributed by atoms with E-state index in [1.54, 1.807) is 0 Å². The van der Waals surface area contributed by atoms with Crippen LogP contribution in [0.2, 0.25) is 0 Å². The van der Waals surface area contributed by atoms with Gasteiger partial charge in [0.2, 0.25) is 0 Å². The van der Waals surface area contributed by atoms with Crippen LogP contribution in [0.5, 0.6) is 0 Å². The predicted octanol–water partition coefficient (Wildman–Crippen LogP) is 5.25. The predicted molar refractivity (Wildman–Crippen MR) is 149 cm³/mol. The average Bonchev–Trinajstić information content (AvgIpc) is 3.34. The van der Waals surface area contributed by atoms with Crippen molar-refractivity contribution in [2.24, 2.45) is 0 Å². The molecule has 3 aliphatic rings. The summed E-state index contributed by atoms with van der Waals surface area (Å²) in [6, 6.07) is 10.4. The van der Waals surface area contributed by atoms with E-state index in [9.17, 15) is 4.79 Å². The minimum absolute atomic E-state index is 0. The number of anilines is 1. The number of pyridine rings is 1. The van der Waals surface area contributed by atoms with E-state index in [1.165, 1.54) is 16.8 Å². The molecule has 1 amide bonds. The minimum atomic E-state index is -0.350. The van der Waals surface area contributed by atoms with Gasteiger partial charge in [-0.1, -0.05) is 18.2 Å². The van der Waals surface area contributed by atoms with Crippen molar-refractivity contribution in [2.45, 2.75) is 38.6 Å². The van der Waals surface area contributed by atoms with E-state index in [-0.39, 0.29) is 15.7 Å². The maximum absolute atomic E-state index is 12.3. The molecular formula is C29H41N5O. The molecule has 5 rings (SSSR count). The van der Waals surface area contributed by atoms with Crippen LogP contribution in [0.15, 0.2) is 60.0 Å². The summed E-state index contributed by atoms with van der Waals surface area (Å²) in [4.78, 5) is 21.8. The summed E-state index contributed by atoms with van der Waals surface area (Å²) in [5.74, 6) is 0.885. The zero-order valence-corrected chi connectivity index (χ0v) is 21.4. The lowest BCUT2D eigenvalue weighted by atomic mass is 9.90. The maximum Gasteiger partial charge on any atom is 0.252 e. The third-order valence-corrected chi connectivity index (χ3v) is 7.17. The van der Waals surface area contributed by atoms with E-state index in [0.29, 0.717) is 0 Å². The Hall–Kier alpha value is -3.38. The summed E-state index contributed by atoms with van der Waals surface area (Å²) < 4.78 is 0. The van der Waals surface area contributed by atoms with Gasteiger partial charge in [-0.05, 0) is 87.8 Å². The monoisotopic (exact) mass is 475 g/mol. The number of rotatable bonds is 7. The number of hydrogen-bond acceptors (Lipinski definition) is 5. The highest BCUT2D eigenvalue weighted by Gasteiger charge is 2.35. The number of aromatic nitrogens is 1. The Bertz CT molecular complexity index is 1280. The molecule has 0 atom stereocenters. The van der Waals surface area contributed by atoms with Crippen LogP contribution < -0.4 is 10.6 Å². The molecule has 6 heteroatoms. The molecule has 1 aliphatic heterocycles. The Labute approximate surface area is 212 Å². The van der Waals surface area contributed by atoms with Gasteiger partial charge in [-0.25, -0.2) is 4.98 Å². The molecule has 0 unspecified atom stereocenters. The number of allylic oxidation sites excluding steroid dienone is 4. The summed E-state index contributed by atoms with van der Waals surface area (Å²) in [6.45, 7) is 6.16. The number of carbonyl (C=O) groups is 1. The molecular weight excluding hydrogens is 434 g/mol. The normalized spacial score (nSPS) is 17.9. The van der Waals surface area contributed by atoms with Crippen molar-refractivity contribution in [1.82, 2.24) is 20.1 Å². The molecule has 35 heavy (non-hydrogen) atoms. The lowest BCUT2D eigenvalue weighted by Gasteiger charge is -2.26. The van der Waals surface area contributed by atoms with Crippen LogP contribution in [0.4, 0.5) is 5.82 Å². The van der Waals surface area contributed by atoms with Gasteiger partial charge in [0.25, 0.3) is 5.91 Å². The van der Waals surface area contributed by atoms with Gasteiger partial charge in [0.1, 0.15) is 5.82 Å². The van der Waals surface area contributed by atoms with Gasteiger partial charge in [-0.15, -0.1) is 0 Å². The first-order valence-corrected chi connectivity index (χ1v) is 12.4. The average molecular weight is 476 g/mol. The third kappa shape index (κ3) is 4.63. The molecule has 0 radical (unpaired) electrons. The quantitative estimate of drug-likeness (QED) is 0.573. The van der Waals surface area contributed by atoms with E-state index in [2.05, 4.69) is 97.9 Å². The molecule has 2 N–H and O–H groups in total. The van der Waals surface area contributed by atoms with Crippen molar-refractivity contribution < 1.29 is 9.07 Å². The summed E-state index contributed by atoms with van der Waals surface area (Å²) in [7, 11) is 6.39. The molecule has 0 saturated carbocycles. The second-order valence-corrected chi connectivity index (χ2v) is 10.5. The first kappa shape index (κ1) is 23.4. The Kier molecular flexibility index (Phi) is 6.01. The van der Waals surface area contributed by atoms with Crippen LogP contribution in [0, 0.1) is 0 Å². The molecule has 2 aromatic rings. The summed E-state index contributed by atoms with van der Waals surface area (Å²) in [6.07, 6.45) is 9.66. The number of nitrogens with one attached hydrogen (secondary N) is 2. The number of amides is 1. The van der Waals surface area contributed by atoms with Gasteiger partial charge in [-0.2, -0.15) is 0 Å². The van der Waals surface area contributed by atoms with Crippen LogP contribution in [0.3, 0.4) is 0 Å². The Morgan fingerprint density at radius 3 is 2.69 bits per heavy atom. The van der Waals surface area contributed by atoms with Crippen molar-refractivity contribution in [3.8, 4) is 0 Å². The Morgan fingerprint density at radius 2 is 1.89 bits per heavy atom. The summed E-state index contributed by atoms with van der Waals surface area (Å²) >= 11 is 0. The highest BCUT2D eigenvalue weighted by Crippen LogP contribution is 2.37. The number of benzene rings is 1. The zero-order chi connectivity index (χ0) is 24.7. The van der Waals surface area contributed by atoms with Crippen LogP contribution >= 0.6 is 0 Å². The van der Waals surface area contributed by atoms with Crippen molar-refractivity contribution in [1.29, 1.82) is 0 Å². The van der Waals surface area contributed by atoms with E-state index in [0.717, 1.165) is 66.3 Å². The fourth-order valence-corrected chi connectivity index (χ4v) is 5.12. The number of hydrogen-bond donors (Lipinski definition) is 2. The van der Waals surface area contributed by atoms with Gasteiger partial charge in [0, 0.05) is 53.4 Å². The van der Waals surface area contributed by atoms with Crippen LogP contribution in [-0.4, -0.2) is 54.9 Å². The van der Waals surface area contributed by atoms with Crippen molar-refractivity contribution in [3.05, 3.63) is 87.9 Å². The molecule has 0 bridgehead atoms. The van der Waals surface area contributed by atoms with E-state index < -0.39 is 0 Å². The smallest absolute Gasteiger partial charge is 0.252 e. The first-order chi connectivity index (χ1) is 16.7. The molecule has 6 nitrogen and oxygen atoms in total. The molecule has 1 aromatic heterocycles. The van der Waals surface area contributed by atoms with E-state index >= 15 is 0 Å².